The number of benzene rings is 1. The van der Waals surface area contributed by atoms with Crippen molar-refractivity contribution >= 4 is 6.29 Å². The van der Waals surface area contributed by atoms with Crippen LogP contribution in [0.4, 0.5) is 0 Å². The molecule has 0 unspecified atom stereocenters. The molecule has 0 heterocycles. The Morgan fingerprint density at radius 3 is 2.56 bits per heavy atom. The van der Waals surface area contributed by atoms with Crippen molar-refractivity contribution in [1.82, 2.24) is 0 Å². The Morgan fingerprint density at radius 2 is 1.94 bits per heavy atom. The van der Waals surface area contributed by atoms with E-state index in [9.17, 15) is 9.90 Å². The van der Waals surface area contributed by atoms with Gasteiger partial charge in [0.25, 0.3) is 0 Å². The molecule has 1 fully saturated rings. The molecule has 3 nitrogen and oxygen atoms in total. The predicted molar refractivity (Wildman–Crippen MR) is 62.4 cm³/mol. The van der Waals surface area contributed by atoms with E-state index in [0.717, 1.165) is 37.5 Å². The van der Waals surface area contributed by atoms with Gasteiger partial charge in [-0.2, -0.15) is 0 Å². The quantitative estimate of drug-likeness (QED) is 0.750. The summed E-state index contributed by atoms with van der Waals surface area (Å²) in [5.74, 6) is 0.116. The van der Waals surface area contributed by atoms with Crippen molar-refractivity contribution in [1.29, 1.82) is 0 Å². The van der Waals surface area contributed by atoms with E-state index in [1.165, 1.54) is 12.5 Å². The molecule has 0 saturated heterocycles. The van der Waals surface area contributed by atoms with Crippen LogP contribution in [-0.2, 0) is 5.54 Å². The fourth-order valence-corrected chi connectivity index (χ4v) is 2.55. The van der Waals surface area contributed by atoms with Gasteiger partial charge in [0.15, 0.2) is 6.29 Å². The molecule has 0 aliphatic heterocycles. The number of carbonyl (C=O) groups is 1. The van der Waals surface area contributed by atoms with Crippen molar-refractivity contribution < 1.29 is 9.90 Å². The largest absolute Gasteiger partial charge is 0.508 e. The highest BCUT2D eigenvalue weighted by atomic mass is 16.3. The monoisotopic (exact) mass is 219 g/mol. The van der Waals surface area contributed by atoms with Crippen LogP contribution in [0.3, 0.4) is 0 Å². The molecule has 16 heavy (non-hydrogen) atoms. The van der Waals surface area contributed by atoms with E-state index < -0.39 is 0 Å². The van der Waals surface area contributed by atoms with Gasteiger partial charge in [-0.15, -0.1) is 0 Å². The van der Waals surface area contributed by atoms with E-state index in [-0.39, 0.29) is 11.3 Å². The van der Waals surface area contributed by atoms with E-state index in [1.54, 1.807) is 12.1 Å². The summed E-state index contributed by atoms with van der Waals surface area (Å²) in [6, 6.07) is 4.88. The van der Waals surface area contributed by atoms with Crippen LogP contribution in [0.5, 0.6) is 5.75 Å². The van der Waals surface area contributed by atoms with E-state index >= 15 is 0 Å². The molecular weight excluding hydrogens is 202 g/mol. The third kappa shape index (κ3) is 1.95. The van der Waals surface area contributed by atoms with Crippen LogP contribution in [0.1, 0.15) is 48.0 Å². The number of nitrogens with two attached hydrogens (primary N) is 1. The molecule has 1 saturated carbocycles. The number of aldehydes is 1. The van der Waals surface area contributed by atoms with Gasteiger partial charge in [-0.25, -0.2) is 0 Å². The SMILES string of the molecule is NC1(c2ccc(O)cc2C=O)CCCCC1. The Bertz CT molecular complexity index is 395. The van der Waals surface area contributed by atoms with Gasteiger partial charge in [0.2, 0.25) is 0 Å². The molecule has 0 radical (unpaired) electrons. The Labute approximate surface area is 95.3 Å². The minimum absolute atomic E-state index is 0.116. The van der Waals surface area contributed by atoms with Gasteiger partial charge in [0, 0.05) is 11.1 Å². The molecule has 2 rings (SSSR count). The maximum atomic E-state index is 11.0. The summed E-state index contributed by atoms with van der Waals surface area (Å²) in [6.07, 6.45) is 6.04. The van der Waals surface area contributed by atoms with Gasteiger partial charge < -0.3 is 10.8 Å². The van der Waals surface area contributed by atoms with Crippen LogP contribution in [-0.4, -0.2) is 11.4 Å². The lowest BCUT2D eigenvalue weighted by Crippen LogP contribution is -2.39. The third-order valence-electron chi connectivity index (χ3n) is 3.44. The molecule has 0 atom stereocenters. The summed E-state index contributed by atoms with van der Waals surface area (Å²) < 4.78 is 0. The molecule has 0 bridgehead atoms. The average Bonchev–Trinajstić information content (AvgIpc) is 2.29. The summed E-state index contributed by atoms with van der Waals surface area (Å²) >= 11 is 0. The van der Waals surface area contributed by atoms with Gasteiger partial charge in [-0.1, -0.05) is 25.3 Å². The van der Waals surface area contributed by atoms with E-state index in [0.29, 0.717) is 5.56 Å². The first-order chi connectivity index (χ1) is 7.65. The standard InChI is InChI=1S/C13H17NO2/c14-13(6-2-1-3-7-13)12-5-4-11(16)8-10(12)9-15/h4-5,8-9,16H,1-3,6-7,14H2. The van der Waals surface area contributed by atoms with E-state index in [1.807, 2.05) is 0 Å². The maximum Gasteiger partial charge on any atom is 0.150 e. The Hall–Kier alpha value is -1.35. The lowest BCUT2D eigenvalue weighted by Gasteiger charge is -2.34. The minimum atomic E-state index is -0.387. The van der Waals surface area contributed by atoms with Crippen molar-refractivity contribution in [3.63, 3.8) is 0 Å². The van der Waals surface area contributed by atoms with Crippen LogP contribution in [0, 0.1) is 0 Å². The first kappa shape index (κ1) is 11.1. The summed E-state index contributed by atoms with van der Waals surface area (Å²) in [5, 5.41) is 9.35. The van der Waals surface area contributed by atoms with Crippen LogP contribution in [0.25, 0.3) is 0 Å². The number of hydrogen-bond donors (Lipinski definition) is 2. The topological polar surface area (TPSA) is 63.3 Å². The maximum absolute atomic E-state index is 11.0. The zero-order valence-corrected chi connectivity index (χ0v) is 9.28. The molecule has 0 amide bonds. The Kier molecular flexibility index (Phi) is 2.97. The first-order valence-electron chi connectivity index (χ1n) is 5.73. The van der Waals surface area contributed by atoms with Crippen molar-refractivity contribution in [2.75, 3.05) is 0 Å². The number of carbonyl (C=O) groups excluding carboxylic acids is 1. The van der Waals surface area contributed by atoms with Crippen molar-refractivity contribution in [2.24, 2.45) is 5.73 Å². The van der Waals surface area contributed by atoms with Crippen LogP contribution < -0.4 is 5.73 Å². The fourth-order valence-electron chi connectivity index (χ4n) is 2.55. The van der Waals surface area contributed by atoms with Gasteiger partial charge in [-0.3, -0.25) is 4.79 Å². The molecular formula is C13H17NO2. The second-order valence-electron chi connectivity index (χ2n) is 4.61. The van der Waals surface area contributed by atoms with Crippen molar-refractivity contribution in [2.45, 2.75) is 37.6 Å². The summed E-state index contributed by atoms with van der Waals surface area (Å²) in [6.45, 7) is 0. The van der Waals surface area contributed by atoms with Crippen molar-refractivity contribution in [3.05, 3.63) is 29.3 Å². The smallest absolute Gasteiger partial charge is 0.150 e. The van der Waals surface area contributed by atoms with Gasteiger partial charge in [0.05, 0.1) is 0 Å². The van der Waals surface area contributed by atoms with E-state index in [4.69, 9.17) is 5.73 Å². The van der Waals surface area contributed by atoms with Crippen LogP contribution in [0.2, 0.25) is 0 Å². The molecule has 1 aliphatic carbocycles. The highest BCUT2D eigenvalue weighted by Crippen LogP contribution is 2.36. The molecule has 1 aromatic rings. The number of hydrogen-bond acceptors (Lipinski definition) is 3. The molecule has 3 heteroatoms. The van der Waals surface area contributed by atoms with Crippen LogP contribution in [0.15, 0.2) is 18.2 Å². The number of phenols is 1. The number of rotatable bonds is 2. The first-order valence-corrected chi connectivity index (χ1v) is 5.73. The highest BCUT2D eigenvalue weighted by molar-refractivity contribution is 5.78. The predicted octanol–water partition coefficient (Wildman–Crippen LogP) is 2.32. The molecule has 1 aliphatic rings. The third-order valence-corrected chi connectivity index (χ3v) is 3.44. The number of phenolic OH excluding ortho intramolecular Hbond substituents is 1. The van der Waals surface area contributed by atoms with Gasteiger partial charge >= 0.3 is 0 Å². The normalized spacial score (nSPS) is 19.3. The average molecular weight is 219 g/mol. The minimum Gasteiger partial charge on any atom is -0.508 e. The zero-order valence-electron chi connectivity index (χ0n) is 9.28. The lowest BCUT2D eigenvalue weighted by atomic mass is 9.76. The fraction of sp³-hybridized carbons (Fsp3) is 0.462. The molecule has 86 valence electrons. The van der Waals surface area contributed by atoms with Gasteiger partial charge in [-0.05, 0) is 30.5 Å². The molecule has 0 spiro atoms. The van der Waals surface area contributed by atoms with Crippen molar-refractivity contribution in [3.8, 4) is 5.75 Å². The molecule has 1 aromatic carbocycles. The molecule has 3 N–H and O–H groups in total. The lowest BCUT2D eigenvalue weighted by molar-refractivity contribution is 0.111. The summed E-state index contributed by atoms with van der Waals surface area (Å²) in [4.78, 5) is 11.0. The highest BCUT2D eigenvalue weighted by Gasteiger charge is 2.31. The Morgan fingerprint density at radius 1 is 1.25 bits per heavy atom. The van der Waals surface area contributed by atoms with Gasteiger partial charge in [0.1, 0.15) is 5.75 Å². The van der Waals surface area contributed by atoms with E-state index in [2.05, 4.69) is 0 Å². The summed E-state index contributed by atoms with van der Waals surface area (Å²) in [7, 11) is 0. The zero-order chi connectivity index (χ0) is 11.6. The van der Waals surface area contributed by atoms with Crippen LogP contribution >= 0.6 is 0 Å². The summed E-state index contributed by atoms with van der Waals surface area (Å²) in [5.41, 5.74) is 7.37. The second kappa shape index (κ2) is 4.26. The Balaban J connectivity index is 2.41. The second-order valence-corrected chi connectivity index (χ2v) is 4.61. The number of aromatic hydroxyl groups is 1. The molecule has 0 aromatic heterocycles.